The summed E-state index contributed by atoms with van der Waals surface area (Å²) in [6.45, 7) is 3.34. The third-order valence-electron chi connectivity index (χ3n) is 4.10. The molecular formula is C17H23Cl2N5O4S. The number of piperazine rings is 1. The maximum Gasteiger partial charge on any atom is 0.343 e. The van der Waals surface area contributed by atoms with Gasteiger partial charge in [0.1, 0.15) is 5.75 Å². The number of benzene rings is 1. The smallest absolute Gasteiger partial charge is 0.343 e. The number of hydrogen-bond acceptors (Lipinski definition) is 9. The maximum atomic E-state index is 12.7. The summed E-state index contributed by atoms with van der Waals surface area (Å²) >= 11 is 1.30. The van der Waals surface area contributed by atoms with Crippen LogP contribution in [-0.4, -0.2) is 69.0 Å². The van der Waals surface area contributed by atoms with E-state index in [9.17, 15) is 9.59 Å². The normalized spacial score (nSPS) is 13.0. The second kappa shape index (κ2) is 11.8. The lowest BCUT2D eigenvalue weighted by Crippen LogP contribution is -2.43. The number of ether oxygens (including phenoxy) is 2. The van der Waals surface area contributed by atoms with Crippen molar-refractivity contribution in [3.63, 3.8) is 0 Å². The Balaban J connectivity index is 0.00000210. The molecule has 1 N–H and O–H groups in total. The van der Waals surface area contributed by atoms with Crippen molar-refractivity contribution in [2.45, 2.75) is 0 Å². The minimum atomic E-state index is -0.456. The van der Waals surface area contributed by atoms with Crippen LogP contribution in [0.4, 0.5) is 10.8 Å². The lowest BCUT2D eigenvalue weighted by molar-refractivity contribution is -0.142. The van der Waals surface area contributed by atoms with Gasteiger partial charge in [-0.1, -0.05) is 11.3 Å². The molecule has 0 radical (unpaired) electrons. The molecule has 0 spiro atoms. The zero-order valence-electron chi connectivity index (χ0n) is 16.0. The summed E-state index contributed by atoms with van der Waals surface area (Å²) in [5, 5.41) is 12.6. The Morgan fingerprint density at radius 1 is 1.17 bits per heavy atom. The molecule has 29 heavy (non-hydrogen) atoms. The standard InChI is InChI=1S/C17H21N5O4S.2ClH/c1-21(12-3-5-13(6-4-12)26-11-14(23)25-2)16(24)15-19-20-17(27-15)22-9-7-18-8-10-22;;/h3-6,18H,7-11H2,1-2H3;2*1H. The number of anilines is 2. The van der Waals surface area contributed by atoms with Gasteiger partial charge in [-0.15, -0.1) is 35.0 Å². The quantitative estimate of drug-likeness (QED) is 0.645. The van der Waals surface area contributed by atoms with Crippen molar-refractivity contribution in [3.8, 4) is 5.75 Å². The molecule has 0 atom stereocenters. The van der Waals surface area contributed by atoms with Crippen LogP contribution in [0.2, 0.25) is 0 Å². The van der Waals surface area contributed by atoms with E-state index in [1.54, 1.807) is 31.3 Å². The Morgan fingerprint density at radius 2 is 1.83 bits per heavy atom. The number of rotatable bonds is 6. The molecule has 1 aromatic carbocycles. The van der Waals surface area contributed by atoms with Gasteiger partial charge in [0.15, 0.2) is 6.61 Å². The van der Waals surface area contributed by atoms with Crippen LogP contribution in [0, 0.1) is 0 Å². The lowest BCUT2D eigenvalue weighted by atomic mass is 10.3. The molecule has 1 fully saturated rings. The van der Waals surface area contributed by atoms with E-state index >= 15 is 0 Å². The van der Waals surface area contributed by atoms with Gasteiger partial charge >= 0.3 is 5.97 Å². The minimum absolute atomic E-state index is 0. The third kappa shape index (κ3) is 6.43. The van der Waals surface area contributed by atoms with Gasteiger partial charge in [0.2, 0.25) is 10.1 Å². The zero-order chi connectivity index (χ0) is 19.2. The third-order valence-corrected chi connectivity index (χ3v) is 5.07. The van der Waals surface area contributed by atoms with Crippen LogP contribution in [0.5, 0.6) is 5.75 Å². The predicted molar refractivity (Wildman–Crippen MR) is 116 cm³/mol. The van der Waals surface area contributed by atoms with E-state index in [-0.39, 0.29) is 37.3 Å². The molecular weight excluding hydrogens is 441 g/mol. The van der Waals surface area contributed by atoms with Gasteiger partial charge in [-0.2, -0.15) is 0 Å². The number of hydrogen-bond donors (Lipinski definition) is 1. The number of carbonyl (C=O) groups is 2. The first-order valence-electron chi connectivity index (χ1n) is 8.45. The highest BCUT2D eigenvalue weighted by Gasteiger charge is 2.21. The van der Waals surface area contributed by atoms with E-state index in [1.807, 2.05) is 0 Å². The average Bonchev–Trinajstić information content (AvgIpc) is 3.22. The van der Waals surface area contributed by atoms with Gasteiger partial charge < -0.3 is 24.6 Å². The number of halogens is 2. The van der Waals surface area contributed by atoms with Crippen LogP contribution in [0.25, 0.3) is 0 Å². The second-order valence-electron chi connectivity index (χ2n) is 5.85. The van der Waals surface area contributed by atoms with Gasteiger partial charge in [0.25, 0.3) is 5.91 Å². The Kier molecular flexibility index (Phi) is 10.1. The molecule has 0 bridgehead atoms. The van der Waals surface area contributed by atoms with Crippen molar-refractivity contribution in [1.82, 2.24) is 15.5 Å². The number of nitrogens with zero attached hydrogens (tertiary/aromatic N) is 4. The number of methoxy groups -OCH3 is 1. The van der Waals surface area contributed by atoms with Crippen LogP contribution in [0.3, 0.4) is 0 Å². The molecule has 1 aromatic heterocycles. The summed E-state index contributed by atoms with van der Waals surface area (Å²) in [6.07, 6.45) is 0. The second-order valence-corrected chi connectivity index (χ2v) is 6.81. The summed E-state index contributed by atoms with van der Waals surface area (Å²) in [7, 11) is 2.98. The summed E-state index contributed by atoms with van der Waals surface area (Å²) in [6, 6.07) is 6.86. The summed E-state index contributed by atoms with van der Waals surface area (Å²) in [5.41, 5.74) is 0.685. The Labute approximate surface area is 185 Å². The van der Waals surface area contributed by atoms with Crippen molar-refractivity contribution in [1.29, 1.82) is 0 Å². The molecule has 1 aliphatic heterocycles. The molecule has 2 aromatic rings. The first-order valence-corrected chi connectivity index (χ1v) is 9.27. The van der Waals surface area contributed by atoms with Crippen molar-refractivity contribution in [2.24, 2.45) is 0 Å². The van der Waals surface area contributed by atoms with Crippen LogP contribution < -0.4 is 19.9 Å². The minimum Gasteiger partial charge on any atom is -0.482 e. The van der Waals surface area contributed by atoms with Gasteiger partial charge in [-0.3, -0.25) is 4.79 Å². The fraction of sp³-hybridized carbons (Fsp3) is 0.412. The molecule has 0 aliphatic carbocycles. The van der Waals surface area contributed by atoms with Crippen LogP contribution in [-0.2, 0) is 9.53 Å². The van der Waals surface area contributed by atoms with E-state index in [4.69, 9.17) is 4.74 Å². The highest BCUT2D eigenvalue weighted by atomic mass is 35.5. The van der Waals surface area contributed by atoms with Gasteiger partial charge in [0, 0.05) is 38.9 Å². The molecule has 0 saturated carbocycles. The Morgan fingerprint density at radius 3 is 2.45 bits per heavy atom. The zero-order valence-corrected chi connectivity index (χ0v) is 18.4. The highest BCUT2D eigenvalue weighted by Crippen LogP contribution is 2.24. The Hall–Kier alpha value is -2.14. The first-order chi connectivity index (χ1) is 13.1. The molecule has 3 rings (SSSR count). The molecule has 9 nitrogen and oxygen atoms in total. The Bertz CT molecular complexity index is 799. The molecule has 160 valence electrons. The van der Waals surface area contributed by atoms with Gasteiger partial charge in [-0.25, -0.2) is 4.79 Å². The van der Waals surface area contributed by atoms with E-state index in [0.717, 1.165) is 31.3 Å². The number of carbonyl (C=O) groups excluding carboxylic acids is 2. The van der Waals surface area contributed by atoms with E-state index in [0.29, 0.717) is 16.4 Å². The van der Waals surface area contributed by atoms with Crippen molar-refractivity contribution < 1.29 is 19.1 Å². The largest absolute Gasteiger partial charge is 0.482 e. The first kappa shape index (κ1) is 24.9. The van der Waals surface area contributed by atoms with Crippen LogP contribution in [0.15, 0.2) is 24.3 Å². The summed E-state index contributed by atoms with van der Waals surface area (Å²) in [4.78, 5) is 27.4. The van der Waals surface area contributed by atoms with E-state index in [1.165, 1.54) is 23.3 Å². The highest BCUT2D eigenvalue weighted by molar-refractivity contribution is 7.17. The van der Waals surface area contributed by atoms with Gasteiger partial charge in [0.05, 0.1) is 7.11 Å². The number of esters is 1. The molecule has 2 heterocycles. The number of aromatic nitrogens is 2. The lowest BCUT2D eigenvalue weighted by Gasteiger charge is -2.26. The van der Waals surface area contributed by atoms with Crippen LogP contribution in [0.1, 0.15) is 9.80 Å². The summed E-state index contributed by atoms with van der Waals surface area (Å²) in [5.74, 6) is -0.165. The van der Waals surface area contributed by atoms with Crippen molar-refractivity contribution in [3.05, 3.63) is 29.3 Å². The van der Waals surface area contributed by atoms with Gasteiger partial charge in [-0.05, 0) is 24.3 Å². The monoisotopic (exact) mass is 463 g/mol. The van der Waals surface area contributed by atoms with Crippen LogP contribution >= 0.6 is 36.2 Å². The molecule has 1 saturated heterocycles. The average molecular weight is 464 g/mol. The van der Waals surface area contributed by atoms with Crippen molar-refractivity contribution in [2.75, 3.05) is 56.7 Å². The van der Waals surface area contributed by atoms with E-state index < -0.39 is 5.97 Å². The summed E-state index contributed by atoms with van der Waals surface area (Å²) < 4.78 is 9.82. The predicted octanol–water partition coefficient (Wildman–Crippen LogP) is 1.62. The maximum absolute atomic E-state index is 12.7. The number of nitrogens with one attached hydrogen (secondary N) is 1. The SMILES string of the molecule is COC(=O)COc1ccc(N(C)C(=O)c2nnc(N3CCNCC3)s2)cc1.Cl.Cl. The molecule has 1 amide bonds. The van der Waals surface area contributed by atoms with Crippen molar-refractivity contribution >= 4 is 58.8 Å². The fourth-order valence-electron chi connectivity index (χ4n) is 2.51. The number of amides is 1. The molecule has 1 aliphatic rings. The fourth-order valence-corrected chi connectivity index (χ4v) is 3.39. The topological polar surface area (TPSA) is 96.9 Å². The molecule has 0 unspecified atom stereocenters. The molecule has 12 heteroatoms. The van der Waals surface area contributed by atoms with E-state index in [2.05, 4.69) is 25.2 Å².